The van der Waals surface area contributed by atoms with Crippen LogP contribution >= 0.6 is 11.6 Å². The van der Waals surface area contributed by atoms with E-state index in [4.69, 9.17) is 22.4 Å². The van der Waals surface area contributed by atoms with Crippen LogP contribution in [0, 0.1) is 0 Å². The SMILES string of the molecule is NC(=O)C[C@H](NNC(=O)NC(=O)CC(CNc1nc2ccccc2[nH]1)c1ccc(Cl)cc1)C(=O)O. The normalized spacial score (nSPS) is 12.5. The largest absolute Gasteiger partial charge is 0.480 e. The second-order valence-corrected chi connectivity index (χ2v) is 8.08. The van der Waals surface area contributed by atoms with E-state index in [-0.39, 0.29) is 12.3 Å². The van der Waals surface area contributed by atoms with Gasteiger partial charge in [-0.05, 0) is 29.8 Å². The van der Waals surface area contributed by atoms with Crippen molar-refractivity contribution in [3.05, 3.63) is 59.1 Å². The van der Waals surface area contributed by atoms with Crippen molar-refractivity contribution in [2.45, 2.75) is 24.8 Å². The van der Waals surface area contributed by atoms with Crippen molar-refractivity contribution in [3.8, 4) is 0 Å². The van der Waals surface area contributed by atoms with E-state index >= 15 is 0 Å². The Hall–Kier alpha value is -4.16. The van der Waals surface area contributed by atoms with Gasteiger partial charge in [-0.25, -0.2) is 15.2 Å². The molecule has 3 aromatic rings. The number of aliphatic carboxylic acids is 1. The van der Waals surface area contributed by atoms with Gasteiger partial charge in [0.25, 0.3) is 0 Å². The Morgan fingerprint density at radius 2 is 1.77 bits per heavy atom. The maximum atomic E-state index is 12.5. The van der Waals surface area contributed by atoms with Crippen LogP contribution in [0.25, 0.3) is 11.0 Å². The molecule has 1 aromatic heterocycles. The summed E-state index contributed by atoms with van der Waals surface area (Å²) in [5, 5.41) is 14.9. The van der Waals surface area contributed by atoms with Gasteiger partial charge in [0.2, 0.25) is 17.8 Å². The van der Waals surface area contributed by atoms with Crippen molar-refractivity contribution in [2.24, 2.45) is 5.73 Å². The Morgan fingerprint density at radius 1 is 1.06 bits per heavy atom. The molecule has 184 valence electrons. The highest BCUT2D eigenvalue weighted by Gasteiger charge is 2.22. The standard InChI is InChI=1S/C22H24ClN7O5/c23-14-7-5-12(6-8-14)13(11-25-21-26-15-3-1-2-4-16(15)27-21)9-19(32)28-22(35)30-29-17(20(33)34)10-18(24)31/h1-8,13,17,29H,9-11H2,(H2,24,31)(H,33,34)(H2,25,26,27)(H2,28,30,32,35)/t13?,17-/m0/s1. The number of benzene rings is 2. The maximum Gasteiger partial charge on any atom is 0.335 e. The highest BCUT2D eigenvalue weighted by molar-refractivity contribution is 6.30. The third kappa shape index (κ3) is 7.69. The summed E-state index contributed by atoms with van der Waals surface area (Å²) < 4.78 is 0. The van der Waals surface area contributed by atoms with Crippen LogP contribution in [0.4, 0.5) is 10.7 Å². The molecule has 1 unspecified atom stereocenters. The van der Waals surface area contributed by atoms with Gasteiger partial charge in [0, 0.05) is 23.9 Å². The number of anilines is 1. The molecular formula is C22H24ClN7O5. The van der Waals surface area contributed by atoms with Crippen LogP contribution in [-0.2, 0) is 14.4 Å². The molecule has 4 amide bonds. The molecule has 0 spiro atoms. The highest BCUT2D eigenvalue weighted by atomic mass is 35.5. The van der Waals surface area contributed by atoms with E-state index in [0.717, 1.165) is 16.6 Å². The molecule has 1 heterocycles. The molecule has 8 N–H and O–H groups in total. The predicted molar refractivity (Wildman–Crippen MR) is 128 cm³/mol. The summed E-state index contributed by atoms with van der Waals surface area (Å²) in [6.45, 7) is 0.314. The number of nitrogens with two attached hydrogens (primary N) is 1. The molecule has 0 aliphatic heterocycles. The number of aromatic nitrogens is 2. The zero-order valence-electron chi connectivity index (χ0n) is 18.4. The van der Waals surface area contributed by atoms with Gasteiger partial charge in [0.15, 0.2) is 0 Å². The molecule has 12 nitrogen and oxygen atoms in total. The summed E-state index contributed by atoms with van der Waals surface area (Å²) >= 11 is 5.98. The van der Waals surface area contributed by atoms with Crippen molar-refractivity contribution in [2.75, 3.05) is 11.9 Å². The van der Waals surface area contributed by atoms with E-state index in [2.05, 4.69) is 26.0 Å². The first-order valence-corrected chi connectivity index (χ1v) is 10.9. The topological polar surface area (TPSA) is 191 Å². The van der Waals surface area contributed by atoms with Crippen LogP contribution in [0.2, 0.25) is 5.02 Å². The molecule has 0 bridgehead atoms. The van der Waals surface area contributed by atoms with Gasteiger partial charge in [-0.15, -0.1) is 0 Å². The molecule has 35 heavy (non-hydrogen) atoms. The smallest absolute Gasteiger partial charge is 0.335 e. The van der Waals surface area contributed by atoms with Crippen LogP contribution in [0.5, 0.6) is 0 Å². The Morgan fingerprint density at radius 3 is 2.43 bits per heavy atom. The lowest BCUT2D eigenvalue weighted by atomic mass is 9.95. The average molecular weight is 502 g/mol. The third-order valence-corrected chi connectivity index (χ3v) is 5.25. The first-order valence-electron chi connectivity index (χ1n) is 10.5. The number of carboxylic acids is 1. The average Bonchev–Trinajstić information content (AvgIpc) is 3.22. The minimum atomic E-state index is -1.44. The number of primary amides is 1. The number of rotatable bonds is 11. The molecule has 2 atom stereocenters. The number of fused-ring (bicyclic) bond motifs is 1. The fraction of sp³-hybridized carbons (Fsp3) is 0.227. The molecule has 0 saturated heterocycles. The fourth-order valence-corrected chi connectivity index (χ4v) is 3.41. The third-order valence-electron chi connectivity index (χ3n) is 4.99. The van der Waals surface area contributed by atoms with Gasteiger partial charge in [-0.2, -0.15) is 0 Å². The number of imide groups is 1. The number of H-pyrrole nitrogens is 1. The Labute approximate surface area is 204 Å². The summed E-state index contributed by atoms with van der Waals surface area (Å²) in [4.78, 5) is 54.2. The highest BCUT2D eigenvalue weighted by Crippen LogP contribution is 2.23. The number of nitrogens with zero attached hydrogens (tertiary/aromatic N) is 1. The van der Waals surface area contributed by atoms with Crippen molar-refractivity contribution >= 4 is 52.4 Å². The Kier molecular flexibility index (Phi) is 8.59. The maximum absolute atomic E-state index is 12.5. The Balaban J connectivity index is 1.61. The number of amides is 4. The van der Waals surface area contributed by atoms with Crippen LogP contribution in [0.15, 0.2) is 48.5 Å². The van der Waals surface area contributed by atoms with Gasteiger partial charge in [-0.1, -0.05) is 35.9 Å². The zero-order valence-corrected chi connectivity index (χ0v) is 19.1. The number of carboxylic acid groups (broad SMARTS) is 1. The van der Waals surface area contributed by atoms with Crippen molar-refractivity contribution in [3.63, 3.8) is 0 Å². The summed E-state index contributed by atoms with van der Waals surface area (Å²) in [6, 6.07) is 12.1. The van der Waals surface area contributed by atoms with E-state index in [9.17, 15) is 19.2 Å². The number of nitrogens with one attached hydrogen (secondary N) is 5. The van der Waals surface area contributed by atoms with Crippen LogP contribution in [0.3, 0.4) is 0 Å². The number of urea groups is 1. The van der Waals surface area contributed by atoms with E-state index in [1.54, 1.807) is 24.3 Å². The van der Waals surface area contributed by atoms with Gasteiger partial charge < -0.3 is 21.1 Å². The van der Waals surface area contributed by atoms with E-state index in [1.807, 2.05) is 29.7 Å². The molecule has 13 heteroatoms. The first-order chi connectivity index (χ1) is 16.7. The number of hydrazine groups is 1. The van der Waals surface area contributed by atoms with E-state index < -0.39 is 36.3 Å². The van der Waals surface area contributed by atoms with E-state index in [1.165, 1.54) is 0 Å². The fourth-order valence-electron chi connectivity index (χ4n) is 3.29. The zero-order chi connectivity index (χ0) is 25.4. The van der Waals surface area contributed by atoms with Crippen molar-refractivity contribution < 1.29 is 24.3 Å². The molecule has 0 aliphatic carbocycles. The monoisotopic (exact) mass is 501 g/mol. The summed E-state index contributed by atoms with van der Waals surface area (Å²) in [7, 11) is 0. The number of hydrogen-bond donors (Lipinski definition) is 7. The van der Waals surface area contributed by atoms with E-state index in [0.29, 0.717) is 17.5 Å². The molecular weight excluding hydrogens is 478 g/mol. The number of carbonyl (C=O) groups excluding carboxylic acids is 3. The predicted octanol–water partition coefficient (Wildman–Crippen LogP) is 1.46. The van der Waals surface area contributed by atoms with Crippen LogP contribution in [-0.4, -0.2) is 51.5 Å². The second kappa shape index (κ2) is 11.8. The lowest BCUT2D eigenvalue weighted by molar-refractivity contribution is -0.141. The van der Waals surface area contributed by atoms with Gasteiger partial charge >= 0.3 is 12.0 Å². The minimum absolute atomic E-state index is 0.0775. The summed E-state index contributed by atoms with van der Waals surface area (Å²) in [5.41, 5.74) is 11.6. The molecule has 0 aliphatic rings. The lowest BCUT2D eigenvalue weighted by Crippen LogP contribution is -2.53. The van der Waals surface area contributed by atoms with Gasteiger partial charge in [0.1, 0.15) is 6.04 Å². The number of carbonyl (C=O) groups is 4. The molecule has 0 radical (unpaired) electrons. The Bertz CT molecular complexity index is 1180. The molecule has 0 saturated carbocycles. The number of hydrogen-bond acceptors (Lipinski definition) is 7. The van der Waals surface area contributed by atoms with Crippen molar-refractivity contribution in [1.29, 1.82) is 0 Å². The molecule has 0 fully saturated rings. The quantitative estimate of drug-likeness (QED) is 0.192. The second-order valence-electron chi connectivity index (χ2n) is 7.64. The lowest BCUT2D eigenvalue weighted by Gasteiger charge is -2.18. The molecule has 2 aromatic carbocycles. The van der Waals surface area contributed by atoms with Crippen LogP contribution in [0.1, 0.15) is 24.3 Å². The summed E-state index contributed by atoms with van der Waals surface area (Å²) in [5.74, 6) is -2.71. The number of aromatic amines is 1. The van der Waals surface area contributed by atoms with Gasteiger partial charge in [0.05, 0.1) is 17.5 Å². The summed E-state index contributed by atoms with van der Waals surface area (Å²) in [6.07, 6.45) is -0.623. The van der Waals surface area contributed by atoms with Crippen LogP contribution < -0.4 is 27.2 Å². The number of imidazole rings is 1. The van der Waals surface area contributed by atoms with Gasteiger partial charge in [-0.3, -0.25) is 25.1 Å². The number of halogens is 1. The number of para-hydroxylation sites is 2. The van der Waals surface area contributed by atoms with Crippen molar-refractivity contribution in [1.82, 2.24) is 26.1 Å². The molecule has 3 rings (SSSR count). The minimum Gasteiger partial charge on any atom is -0.480 e. The first kappa shape index (κ1) is 25.5.